The molecule has 1 fully saturated rings. The van der Waals surface area contributed by atoms with Crippen LogP contribution in [0.25, 0.3) is 0 Å². The van der Waals surface area contributed by atoms with Gasteiger partial charge in [-0.15, -0.1) is 0 Å². The second-order valence-electron chi connectivity index (χ2n) is 4.41. The molecule has 0 aromatic heterocycles. The molecule has 4 N–H and O–H groups in total. The molecule has 1 heterocycles. The molecule has 1 aliphatic rings. The summed E-state index contributed by atoms with van der Waals surface area (Å²) in [6.07, 6.45) is -4.25. The Kier molecular flexibility index (Phi) is 4.55. The summed E-state index contributed by atoms with van der Waals surface area (Å²) in [7, 11) is 0. The zero-order chi connectivity index (χ0) is 13.9. The van der Waals surface area contributed by atoms with Gasteiger partial charge in [0.2, 0.25) is 11.8 Å². The monoisotopic (exact) mass is 267 g/mol. The molecule has 5 nitrogen and oxygen atoms in total. The van der Waals surface area contributed by atoms with E-state index in [2.05, 4.69) is 10.6 Å². The molecule has 8 heteroatoms. The molecule has 1 rings (SSSR count). The number of nitrogens with two attached hydrogens (primary N) is 1. The van der Waals surface area contributed by atoms with Crippen molar-refractivity contribution in [2.24, 2.45) is 11.7 Å². The van der Waals surface area contributed by atoms with Crippen molar-refractivity contribution < 1.29 is 22.8 Å². The molecule has 1 saturated heterocycles. The van der Waals surface area contributed by atoms with Crippen molar-refractivity contribution in [3.05, 3.63) is 0 Å². The Labute approximate surface area is 102 Å². The van der Waals surface area contributed by atoms with Gasteiger partial charge in [-0.3, -0.25) is 9.59 Å². The highest BCUT2D eigenvalue weighted by Crippen LogP contribution is 2.31. The van der Waals surface area contributed by atoms with Gasteiger partial charge in [0.25, 0.3) is 0 Å². The van der Waals surface area contributed by atoms with Crippen molar-refractivity contribution in [2.45, 2.75) is 38.0 Å². The summed E-state index contributed by atoms with van der Waals surface area (Å²) in [5.74, 6) is -2.61. The van der Waals surface area contributed by atoms with E-state index in [0.29, 0.717) is 0 Å². The van der Waals surface area contributed by atoms with Crippen LogP contribution in [0.4, 0.5) is 13.2 Å². The van der Waals surface area contributed by atoms with Gasteiger partial charge in [-0.1, -0.05) is 0 Å². The van der Waals surface area contributed by atoms with E-state index in [-0.39, 0.29) is 19.4 Å². The lowest BCUT2D eigenvalue weighted by atomic mass is 9.94. The predicted molar refractivity (Wildman–Crippen MR) is 57.4 cm³/mol. The number of carbonyl (C=O) groups is 2. The van der Waals surface area contributed by atoms with Gasteiger partial charge in [-0.25, -0.2) is 0 Å². The van der Waals surface area contributed by atoms with Crippen LogP contribution in [0.1, 0.15) is 19.8 Å². The first kappa shape index (κ1) is 14.7. The molecular formula is C10H16F3N3O2. The van der Waals surface area contributed by atoms with Gasteiger partial charge >= 0.3 is 6.18 Å². The van der Waals surface area contributed by atoms with Crippen LogP contribution in [0.2, 0.25) is 0 Å². The molecule has 18 heavy (non-hydrogen) atoms. The van der Waals surface area contributed by atoms with Crippen LogP contribution in [0.3, 0.4) is 0 Å². The van der Waals surface area contributed by atoms with E-state index >= 15 is 0 Å². The number of rotatable bonds is 3. The standard InChI is InChI=1S/C10H16F3N3O2/c1-5(8(14)17)16-9(18)7-3-2-6(4-15-7)10(11,12)13/h5-7,15H,2-4H2,1H3,(H2,14,17)(H,16,18). The van der Waals surface area contributed by atoms with Gasteiger partial charge in [0, 0.05) is 6.54 Å². The number of nitrogens with one attached hydrogen (secondary N) is 2. The van der Waals surface area contributed by atoms with Crippen LogP contribution in [-0.2, 0) is 9.59 Å². The topological polar surface area (TPSA) is 84.2 Å². The van der Waals surface area contributed by atoms with Crippen LogP contribution in [0.5, 0.6) is 0 Å². The molecular weight excluding hydrogens is 251 g/mol. The van der Waals surface area contributed by atoms with Crippen LogP contribution in [-0.4, -0.2) is 36.6 Å². The molecule has 0 aromatic carbocycles. The number of carbonyl (C=O) groups excluding carboxylic acids is 2. The molecule has 0 aromatic rings. The summed E-state index contributed by atoms with van der Waals surface area (Å²) in [5.41, 5.74) is 4.97. The average molecular weight is 267 g/mol. The Morgan fingerprint density at radius 2 is 2.00 bits per heavy atom. The highest BCUT2D eigenvalue weighted by Gasteiger charge is 2.42. The summed E-state index contributed by atoms with van der Waals surface area (Å²) < 4.78 is 37.2. The van der Waals surface area contributed by atoms with Crippen LogP contribution in [0, 0.1) is 5.92 Å². The van der Waals surface area contributed by atoms with E-state index in [1.54, 1.807) is 0 Å². The van der Waals surface area contributed by atoms with Gasteiger partial charge in [0.1, 0.15) is 6.04 Å². The highest BCUT2D eigenvalue weighted by molar-refractivity contribution is 5.88. The number of alkyl halides is 3. The minimum absolute atomic E-state index is 0.0848. The number of halogens is 3. The van der Waals surface area contributed by atoms with Crippen molar-refractivity contribution in [1.29, 1.82) is 0 Å². The minimum Gasteiger partial charge on any atom is -0.368 e. The van der Waals surface area contributed by atoms with Gasteiger partial charge in [-0.05, 0) is 19.8 Å². The van der Waals surface area contributed by atoms with Crippen LogP contribution >= 0.6 is 0 Å². The first-order chi connectivity index (χ1) is 8.21. The summed E-state index contributed by atoms with van der Waals surface area (Å²) in [6, 6.07) is -1.54. The third-order valence-electron chi connectivity index (χ3n) is 2.98. The maximum absolute atomic E-state index is 12.4. The second kappa shape index (κ2) is 5.55. The van der Waals surface area contributed by atoms with Gasteiger partial charge in [0.15, 0.2) is 0 Å². The molecule has 3 atom stereocenters. The van der Waals surface area contributed by atoms with Gasteiger partial charge < -0.3 is 16.4 Å². The molecule has 0 saturated carbocycles. The maximum atomic E-state index is 12.4. The lowest BCUT2D eigenvalue weighted by Gasteiger charge is -2.30. The quantitative estimate of drug-likeness (QED) is 0.668. The van der Waals surface area contributed by atoms with Gasteiger partial charge in [-0.2, -0.15) is 13.2 Å². The Hall–Kier alpha value is -1.31. The van der Waals surface area contributed by atoms with Crippen molar-refractivity contribution in [3.63, 3.8) is 0 Å². The largest absolute Gasteiger partial charge is 0.393 e. The van der Waals surface area contributed by atoms with E-state index in [0.717, 1.165) is 0 Å². The van der Waals surface area contributed by atoms with Crippen molar-refractivity contribution in [3.8, 4) is 0 Å². The third-order valence-corrected chi connectivity index (χ3v) is 2.98. The van der Waals surface area contributed by atoms with E-state index in [1.807, 2.05) is 0 Å². The fourth-order valence-electron chi connectivity index (χ4n) is 1.74. The Balaban J connectivity index is 2.43. The van der Waals surface area contributed by atoms with Crippen molar-refractivity contribution >= 4 is 11.8 Å². The second-order valence-corrected chi connectivity index (χ2v) is 4.41. The Bertz CT molecular complexity index is 325. The molecule has 3 unspecified atom stereocenters. The zero-order valence-corrected chi connectivity index (χ0v) is 9.88. The third kappa shape index (κ3) is 3.86. The van der Waals surface area contributed by atoms with Crippen LogP contribution < -0.4 is 16.4 Å². The normalized spacial score (nSPS) is 26.4. The van der Waals surface area contributed by atoms with Crippen molar-refractivity contribution in [1.82, 2.24) is 10.6 Å². The maximum Gasteiger partial charge on any atom is 0.393 e. The molecule has 2 amide bonds. The zero-order valence-electron chi connectivity index (χ0n) is 9.88. The number of primary amides is 1. The Morgan fingerprint density at radius 1 is 1.39 bits per heavy atom. The smallest absolute Gasteiger partial charge is 0.368 e. The SMILES string of the molecule is CC(NC(=O)C1CCC(C(F)(F)F)CN1)C(N)=O. The van der Waals surface area contributed by atoms with E-state index in [4.69, 9.17) is 5.73 Å². The summed E-state index contributed by atoms with van der Waals surface area (Å²) in [5, 5.41) is 4.88. The minimum atomic E-state index is -4.24. The first-order valence-electron chi connectivity index (χ1n) is 5.61. The number of piperidine rings is 1. The highest BCUT2D eigenvalue weighted by atomic mass is 19.4. The van der Waals surface area contributed by atoms with Crippen LogP contribution in [0.15, 0.2) is 0 Å². The lowest BCUT2D eigenvalue weighted by Crippen LogP contribution is -2.54. The molecule has 0 bridgehead atoms. The Morgan fingerprint density at radius 3 is 2.39 bits per heavy atom. The van der Waals surface area contributed by atoms with Gasteiger partial charge in [0.05, 0.1) is 12.0 Å². The van der Waals surface area contributed by atoms with E-state index < -0.39 is 36.0 Å². The average Bonchev–Trinajstić information content (AvgIpc) is 2.27. The van der Waals surface area contributed by atoms with Crippen molar-refractivity contribution in [2.75, 3.05) is 6.54 Å². The fourth-order valence-corrected chi connectivity index (χ4v) is 1.74. The summed E-state index contributed by atoms with van der Waals surface area (Å²) in [6.45, 7) is 1.13. The number of amides is 2. The van der Waals surface area contributed by atoms with E-state index in [1.165, 1.54) is 6.92 Å². The molecule has 0 aliphatic carbocycles. The molecule has 0 radical (unpaired) electrons. The van der Waals surface area contributed by atoms with E-state index in [9.17, 15) is 22.8 Å². The summed E-state index contributed by atoms with van der Waals surface area (Å²) >= 11 is 0. The summed E-state index contributed by atoms with van der Waals surface area (Å²) in [4.78, 5) is 22.3. The molecule has 1 aliphatic heterocycles. The molecule has 0 spiro atoms. The number of hydrogen-bond acceptors (Lipinski definition) is 3. The molecule has 104 valence electrons. The fraction of sp³-hybridized carbons (Fsp3) is 0.800. The number of hydrogen-bond donors (Lipinski definition) is 3. The first-order valence-corrected chi connectivity index (χ1v) is 5.61. The predicted octanol–water partition coefficient (Wildman–Crippen LogP) is -0.0931. The lowest BCUT2D eigenvalue weighted by molar-refractivity contribution is -0.180.